The fraction of sp³-hybridized carbons (Fsp3) is 0.571. The summed E-state index contributed by atoms with van der Waals surface area (Å²) in [5.41, 5.74) is 1.67. The molecule has 0 aliphatic rings. The molecule has 6 heteroatoms. The number of nitrogens with one attached hydrogen (secondary N) is 2. The van der Waals surface area contributed by atoms with Gasteiger partial charge in [0, 0.05) is 13.1 Å². The van der Waals surface area contributed by atoms with Gasteiger partial charge in [-0.1, -0.05) is 13.0 Å². The molecule has 0 radical (unpaired) electrons. The highest BCUT2D eigenvalue weighted by atomic mass is 32.2. The van der Waals surface area contributed by atoms with Crippen molar-refractivity contribution in [3.63, 3.8) is 0 Å². The second-order valence-corrected chi connectivity index (χ2v) is 6.46. The van der Waals surface area contributed by atoms with Gasteiger partial charge in [-0.2, -0.15) is 0 Å². The van der Waals surface area contributed by atoms with Crippen LogP contribution in [0, 0.1) is 13.8 Å². The first kappa shape index (κ1) is 16.9. The summed E-state index contributed by atoms with van der Waals surface area (Å²) < 4.78 is 32.5. The third-order valence-electron chi connectivity index (χ3n) is 2.89. The van der Waals surface area contributed by atoms with Crippen LogP contribution in [0.15, 0.2) is 17.0 Å². The Morgan fingerprint density at radius 3 is 2.45 bits per heavy atom. The average Bonchev–Trinajstić information content (AvgIpc) is 2.36. The second kappa shape index (κ2) is 7.61. The molecule has 0 amide bonds. The fourth-order valence-corrected chi connectivity index (χ4v) is 3.46. The molecule has 0 aliphatic heterocycles. The van der Waals surface area contributed by atoms with Crippen molar-refractivity contribution < 1.29 is 13.2 Å². The normalized spacial score (nSPS) is 11.6. The number of sulfonamides is 1. The maximum absolute atomic E-state index is 12.4. The summed E-state index contributed by atoms with van der Waals surface area (Å²) >= 11 is 0. The minimum absolute atomic E-state index is 0.223. The van der Waals surface area contributed by atoms with E-state index in [2.05, 4.69) is 17.0 Å². The highest BCUT2D eigenvalue weighted by Crippen LogP contribution is 2.28. The minimum Gasteiger partial charge on any atom is -0.495 e. The van der Waals surface area contributed by atoms with E-state index in [1.807, 2.05) is 13.0 Å². The van der Waals surface area contributed by atoms with Gasteiger partial charge in [0.15, 0.2) is 0 Å². The van der Waals surface area contributed by atoms with E-state index >= 15 is 0 Å². The van der Waals surface area contributed by atoms with E-state index < -0.39 is 10.0 Å². The minimum atomic E-state index is -3.55. The molecule has 20 heavy (non-hydrogen) atoms. The maximum atomic E-state index is 12.4. The molecule has 0 aliphatic carbocycles. The van der Waals surface area contributed by atoms with Gasteiger partial charge in [0.1, 0.15) is 10.6 Å². The summed E-state index contributed by atoms with van der Waals surface area (Å²) in [6.45, 7) is 7.61. The van der Waals surface area contributed by atoms with Crippen LogP contribution in [0.5, 0.6) is 5.75 Å². The van der Waals surface area contributed by atoms with Gasteiger partial charge in [0.25, 0.3) is 0 Å². The first-order chi connectivity index (χ1) is 9.42. The Kier molecular flexibility index (Phi) is 6.45. The van der Waals surface area contributed by atoms with E-state index in [1.54, 1.807) is 13.0 Å². The number of rotatable bonds is 8. The zero-order chi connectivity index (χ0) is 15.2. The fourth-order valence-electron chi connectivity index (χ4n) is 2.06. The molecule has 0 aromatic heterocycles. The van der Waals surface area contributed by atoms with Crippen molar-refractivity contribution >= 4 is 10.0 Å². The smallest absolute Gasteiger partial charge is 0.244 e. The lowest BCUT2D eigenvalue weighted by Gasteiger charge is -2.14. The Morgan fingerprint density at radius 2 is 1.85 bits per heavy atom. The molecule has 0 spiro atoms. The van der Waals surface area contributed by atoms with Crippen molar-refractivity contribution in [1.29, 1.82) is 0 Å². The molecule has 0 fully saturated rings. The van der Waals surface area contributed by atoms with Crippen molar-refractivity contribution in [2.75, 3.05) is 26.7 Å². The van der Waals surface area contributed by atoms with Gasteiger partial charge in [-0.3, -0.25) is 0 Å². The topological polar surface area (TPSA) is 67.4 Å². The van der Waals surface area contributed by atoms with Crippen molar-refractivity contribution in [1.82, 2.24) is 10.0 Å². The highest BCUT2D eigenvalue weighted by Gasteiger charge is 2.21. The SMILES string of the molecule is CCCNCCNS(=O)(=O)c1c(C)cc(C)cc1OC. The molecule has 0 heterocycles. The van der Waals surface area contributed by atoms with Gasteiger partial charge in [-0.05, 0) is 44.0 Å². The monoisotopic (exact) mass is 300 g/mol. The molecule has 0 saturated carbocycles. The first-order valence-electron chi connectivity index (χ1n) is 6.78. The Bertz CT molecular complexity index is 542. The summed E-state index contributed by atoms with van der Waals surface area (Å²) in [6, 6.07) is 3.57. The Hall–Kier alpha value is -1.11. The second-order valence-electron chi connectivity index (χ2n) is 4.76. The van der Waals surface area contributed by atoms with Gasteiger partial charge in [0.05, 0.1) is 7.11 Å². The van der Waals surface area contributed by atoms with Crippen LogP contribution in [0.4, 0.5) is 0 Å². The van der Waals surface area contributed by atoms with Gasteiger partial charge in [-0.15, -0.1) is 0 Å². The van der Waals surface area contributed by atoms with Gasteiger partial charge >= 0.3 is 0 Å². The van der Waals surface area contributed by atoms with Gasteiger partial charge < -0.3 is 10.1 Å². The van der Waals surface area contributed by atoms with Crippen LogP contribution < -0.4 is 14.8 Å². The molecule has 1 aromatic rings. The molecule has 114 valence electrons. The number of hydrogen-bond acceptors (Lipinski definition) is 4. The largest absolute Gasteiger partial charge is 0.495 e. The van der Waals surface area contributed by atoms with Crippen molar-refractivity contribution in [2.45, 2.75) is 32.1 Å². The Morgan fingerprint density at radius 1 is 1.15 bits per heavy atom. The predicted octanol–water partition coefficient (Wildman–Crippen LogP) is 1.59. The molecule has 0 saturated heterocycles. The number of methoxy groups -OCH3 is 1. The van der Waals surface area contributed by atoms with Crippen molar-refractivity contribution in [3.05, 3.63) is 23.3 Å². The molecule has 1 rings (SSSR count). The number of hydrogen-bond donors (Lipinski definition) is 2. The molecule has 0 unspecified atom stereocenters. The van der Waals surface area contributed by atoms with Crippen molar-refractivity contribution in [2.24, 2.45) is 0 Å². The lowest BCUT2D eigenvalue weighted by molar-refractivity contribution is 0.401. The molecule has 0 bridgehead atoms. The van der Waals surface area contributed by atoms with E-state index in [4.69, 9.17) is 4.74 Å². The van der Waals surface area contributed by atoms with E-state index in [-0.39, 0.29) is 4.90 Å². The molecule has 0 atom stereocenters. The van der Waals surface area contributed by atoms with E-state index in [0.29, 0.717) is 24.4 Å². The third kappa shape index (κ3) is 4.47. The lowest BCUT2D eigenvalue weighted by Crippen LogP contribution is -2.32. The summed E-state index contributed by atoms with van der Waals surface area (Å²) in [4.78, 5) is 0.223. The summed E-state index contributed by atoms with van der Waals surface area (Å²) in [5.74, 6) is 0.386. The number of aryl methyl sites for hydroxylation is 2. The molecular formula is C14H24N2O3S. The number of ether oxygens (including phenoxy) is 1. The van der Waals surface area contributed by atoms with E-state index in [9.17, 15) is 8.42 Å². The van der Waals surface area contributed by atoms with Crippen LogP contribution >= 0.6 is 0 Å². The molecule has 1 aromatic carbocycles. The zero-order valence-electron chi connectivity index (χ0n) is 12.6. The lowest BCUT2D eigenvalue weighted by atomic mass is 10.1. The van der Waals surface area contributed by atoms with Crippen LogP contribution in [0.1, 0.15) is 24.5 Å². The Balaban J connectivity index is 2.87. The molecular weight excluding hydrogens is 276 g/mol. The Labute approximate surface area is 121 Å². The quantitative estimate of drug-likeness (QED) is 0.716. The van der Waals surface area contributed by atoms with Crippen molar-refractivity contribution in [3.8, 4) is 5.75 Å². The van der Waals surface area contributed by atoms with Crippen LogP contribution in [-0.2, 0) is 10.0 Å². The van der Waals surface area contributed by atoms with Crippen LogP contribution in [0.25, 0.3) is 0 Å². The maximum Gasteiger partial charge on any atom is 0.244 e. The molecule has 5 nitrogen and oxygen atoms in total. The van der Waals surface area contributed by atoms with E-state index in [0.717, 1.165) is 18.5 Å². The predicted molar refractivity (Wildman–Crippen MR) is 80.8 cm³/mol. The average molecular weight is 300 g/mol. The van der Waals surface area contributed by atoms with Gasteiger partial charge in [0.2, 0.25) is 10.0 Å². The van der Waals surface area contributed by atoms with Crippen LogP contribution in [-0.4, -0.2) is 35.2 Å². The summed E-state index contributed by atoms with van der Waals surface area (Å²) in [5, 5.41) is 3.15. The summed E-state index contributed by atoms with van der Waals surface area (Å²) in [7, 11) is -2.07. The third-order valence-corrected chi connectivity index (χ3v) is 4.54. The van der Waals surface area contributed by atoms with E-state index in [1.165, 1.54) is 7.11 Å². The van der Waals surface area contributed by atoms with Crippen LogP contribution in [0.2, 0.25) is 0 Å². The standard InChI is InChI=1S/C14H24N2O3S/c1-5-6-15-7-8-16-20(17,18)14-12(3)9-11(2)10-13(14)19-4/h9-10,15-16H,5-8H2,1-4H3. The zero-order valence-corrected chi connectivity index (χ0v) is 13.4. The first-order valence-corrected chi connectivity index (χ1v) is 8.26. The van der Waals surface area contributed by atoms with Gasteiger partial charge in [-0.25, -0.2) is 13.1 Å². The van der Waals surface area contributed by atoms with Crippen LogP contribution in [0.3, 0.4) is 0 Å². The summed E-state index contributed by atoms with van der Waals surface area (Å²) in [6.07, 6.45) is 1.03. The highest BCUT2D eigenvalue weighted by molar-refractivity contribution is 7.89. The molecule has 2 N–H and O–H groups in total. The number of benzene rings is 1.